The Morgan fingerprint density at radius 1 is 1.32 bits per heavy atom. The summed E-state index contributed by atoms with van der Waals surface area (Å²) in [6.07, 6.45) is 1.64. The lowest BCUT2D eigenvalue weighted by Crippen LogP contribution is -2.02. The second-order valence-electron chi connectivity index (χ2n) is 4.80. The van der Waals surface area contributed by atoms with Crippen molar-refractivity contribution >= 4 is 39.0 Å². The summed E-state index contributed by atoms with van der Waals surface area (Å²) in [4.78, 5) is 4.32. The normalized spacial score (nSPS) is 10.8. The van der Waals surface area contributed by atoms with Crippen LogP contribution in [0.4, 0.5) is 11.5 Å². The minimum absolute atomic E-state index is 0.452. The van der Waals surface area contributed by atoms with Crippen LogP contribution in [0.1, 0.15) is 30.9 Å². The van der Waals surface area contributed by atoms with Gasteiger partial charge in [-0.3, -0.25) is 0 Å². The summed E-state index contributed by atoms with van der Waals surface area (Å²) < 4.78 is 0.859. The smallest absolute Gasteiger partial charge is 0.144 e. The van der Waals surface area contributed by atoms with Crippen LogP contribution in [0.3, 0.4) is 0 Å². The first kappa shape index (κ1) is 14.4. The second kappa shape index (κ2) is 5.93. The number of nitrogens with zero attached hydrogens (tertiary/aromatic N) is 1. The lowest BCUT2D eigenvalue weighted by molar-refractivity contribution is 0.867. The van der Waals surface area contributed by atoms with Gasteiger partial charge < -0.3 is 5.32 Å². The van der Waals surface area contributed by atoms with Crippen LogP contribution in [0.25, 0.3) is 0 Å². The molecule has 4 heteroatoms. The molecular weight excluding hydrogens is 324 g/mol. The fourth-order valence-electron chi connectivity index (χ4n) is 1.97. The Kier molecular flexibility index (Phi) is 4.48. The number of aryl methyl sites for hydroxylation is 1. The molecule has 19 heavy (non-hydrogen) atoms. The molecule has 0 fully saturated rings. The number of benzene rings is 1. The van der Waals surface area contributed by atoms with E-state index in [1.807, 2.05) is 6.07 Å². The van der Waals surface area contributed by atoms with Gasteiger partial charge in [0.15, 0.2) is 0 Å². The minimum atomic E-state index is 0.452. The van der Waals surface area contributed by atoms with Gasteiger partial charge >= 0.3 is 0 Å². The summed E-state index contributed by atoms with van der Waals surface area (Å²) in [7, 11) is 0. The molecule has 2 nitrogen and oxygen atoms in total. The molecule has 1 aromatic heterocycles. The van der Waals surface area contributed by atoms with Crippen LogP contribution >= 0.6 is 27.5 Å². The molecule has 0 saturated carbocycles. The van der Waals surface area contributed by atoms with Gasteiger partial charge in [0.25, 0.3) is 0 Å². The van der Waals surface area contributed by atoms with Crippen LogP contribution in [0.5, 0.6) is 0 Å². The van der Waals surface area contributed by atoms with Gasteiger partial charge in [0.2, 0.25) is 0 Å². The zero-order valence-electron chi connectivity index (χ0n) is 11.2. The van der Waals surface area contributed by atoms with Crippen molar-refractivity contribution in [2.75, 3.05) is 5.32 Å². The predicted octanol–water partition coefficient (Wildman–Crippen LogP) is 5.67. The molecule has 0 amide bonds. The molecule has 100 valence electrons. The number of rotatable bonds is 3. The molecule has 0 atom stereocenters. The molecule has 0 aliphatic heterocycles. The zero-order chi connectivity index (χ0) is 14.0. The molecule has 0 radical (unpaired) electrons. The summed E-state index contributed by atoms with van der Waals surface area (Å²) in [5.74, 6) is 1.23. The van der Waals surface area contributed by atoms with E-state index < -0.39 is 0 Å². The molecule has 0 bridgehead atoms. The molecule has 0 aliphatic rings. The number of nitrogens with one attached hydrogen (secondary N) is 1. The van der Waals surface area contributed by atoms with Gasteiger partial charge in [-0.15, -0.1) is 0 Å². The number of hydrogen-bond donors (Lipinski definition) is 1. The minimum Gasteiger partial charge on any atom is -0.339 e. The van der Waals surface area contributed by atoms with Gasteiger partial charge in [-0.05, 0) is 46.0 Å². The number of pyridine rings is 1. The van der Waals surface area contributed by atoms with E-state index in [1.54, 1.807) is 6.20 Å². The van der Waals surface area contributed by atoms with E-state index in [0.717, 1.165) is 16.0 Å². The Morgan fingerprint density at radius 3 is 2.68 bits per heavy atom. The summed E-state index contributed by atoms with van der Waals surface area (Å²) in [6, 6.07) is 8.16. The molecule has 1 aromatic carbocycles. The number of anilines is 2. The van der Waals surface area contributed by atoms with E-state index in [4.69, 9.17) is 11.6 Å². The molecule has 1 N–H and O–H groups in total. The third-order valence-corrected chi connectivity index (χ3v) is 3.79. The maximum absolute atomic E-state index is 5.91. The average Bonchev–Trinajstić information content (AvgIpc) is 2.34. The zero-order valence-corrected chi connectivity index (χ0v) is 13.5. The van der Waals surface area contributed by atoms with Crippen LogP contribution < -0.4 is 5.32 Å². The van der Waals surface area contributed by atoms with Gasteiger partial charge in [-0.25, -0.2) is 4.98 Å². The number of para-hydroxylation sites is 1. The van der Waals surface area contributed by atoms with Crippen molar-refractivity contribution in [2.24, 2.45) is 0 Å². The van der Waals surface area contributed by atoms with Gasteiger partial charge in [-0.1, -0.05) is 43.6 Å². The summed E-state index contributed by atoms with van der Waals surface area (Å²) in [6.45, 7) is 6.46. The Balaban J connectivity index is 2.43. The van der Waals surface area contributed by atoms with Crippen molar-refractivity contribution in [3.8, 4) is 0 Å². The highest BCUT2D eigenvalue weighted by Crippen LogP contribution is 2.32. The van der Waals surface area contributed by atoms with Crippen molar-refractivity contribution in [3.63, 3.8) is 0 Å². The van der Waals surface area contributed by atoms with Gasteiger partial charge in [0.05, 0.1) is 9.50 Å². The lowest BCUT2D eigenvalue weighted by atomic mass is 9.98. The molecule has 1 heterocycles. The predicted molar refractivity (Wildman–Crippen MR) is 85.5 cm³/mol. The first-order valence-electron chi connectivity index (χ1n) is 6.16. The molecule has 0 spiro atoms. The molecule has 0 aliphatic carbocycles. The summed E-state index contributed by atoms with van der Waals surface area (Å²) in [5.41, 5.74) is 3.60. The topological polar surface area (TPSA) is 24.9 Å². The largest absolute Gasteiger partial charge is 0.339 e. The van der Waals surface area contributed by atoms with Crippen LogP contribution in [0.2, 0.25) is 5.02 Å². The Hall–Kier alpha value is -1.06. The fourth-order valence-corrected chi connectivity index (χ4v) is 2.71. The highest BCUT2D eigenvalue weighted by atomic mass is 79.9. The maximum atomic E-state index is 5.91. The van der Waals surface area contributed by atoms with E-state index in [-0.39, 0.29) is 0 Å². The third kappa shape index (κ3) is 3.28. The van der Waals surface area contributed by atoms with Crippen LogP contribution in [0, 0.1) is 6.92 Å². The van der Waals surface area contributed by atoms with Crippen molar-refractivity contribution in [3.05, 3.63) is 51.1 Å². The Bertz CT molecular complexity index is 597. The number of hydrogen-bond acceptors (Lipinski definition) is 2. The van der Waals surface area contributed by atoms with E-state index in [1.165, 1.54) is 11.1 Å². The lowest BCUT2D eigenvalue weighted by Gasteiger charge is -2.17. The summed E-state index contributed by atoms with van der Waals surface area (Å²) in [5, 5.41) is 4.02. The van der Waals surface area contributed by atoms with Crippen LogP contribution in [-0.2, 0) is 0 Å². The SMILES string of the molecule is Cc1cccc(C(C)C)c1Nc1ncc(Cl)cc1Br. The van der Waals surface area contributed by atoms with E-state index >= 15 is 0 Å². The van der Waals surface area contributed by atoms with E-state index in [2.05, 4.69) is 65.2 Å². The van der Waals surface area contributed by atoms with Gasteiger partial charge in [-0.2, -0.15) is 0 Å². The average molecular weight is 340 g/mol. The second-order valence-corrected chi connectivity index (χ2v) is 6.09. The molecule has 0 unspecified atom stereocenters. The van der Waals surface area contributed by atoms with Crippen molar-refractivity contribution in [1.82, 2.24) is 4.98 Å². The van der Waals surface area contributed by atoms with Gasteiger partial charge in [0, 0.05) is 11.9 Å². The van der Waals surface area contributed by atoms with Crippen LogP contribution in [-0.4, -0.2) is 4.98 Å². The van der Waals surface area contributed by atoms with Crippen molar-refractivity contribution < 1.29 is 0 Å². The highest BCUT2D eigenvalue weighted by Gasteiger charge is 2.11. The van der Waals surface area contributed by atoms with Crippen molar-refractivity contribution in [2.45, 2.75) is 26.7 Å². The standard InChI is InChI=1S/C15H16BrClN2/c1-9(2)12-6-4-5-10(3)14(12)19-15-13(16)7-11(17)8-18-15/h4-9H,1-3H3,(H,18,19). The Labute approximate surface area is 127 Å². The maximum Gasteiger partial charge on any atom is 0.144 e. The quantitative estimate of drug-likeness (QED) is 0.779. The molecular formula is C15H16BrClN2. The summed E-state index contributed by atoms with van der Waals surface area (Å²) >= 11 is 9.39. The van der Waals surface area contributed by atoms with Crippen molar-refractivity contribution in [1.29, 1.82) is 0 Å². The van der Waals surface area contributed by atoms with E-state index in [9.17, 15) is 0 Å². The number of halogens is 2. The highest BCUT2D eigenvalue weighted by molar-refractivity contribution is 9.10. The first-order chi connectivity index (χ1) is 8.99. The fraction of sp³-hybridized carbons (Fsp3) is 0.267. The molecule has 0 saturated heterocycles. The molecule has 2 rings (SSSR count). The monoisotopic (exact) mass is 338 g/mol. The van der Waals surface area contributed by atoms with Crippen LogP contribution in [0.15, 0.2) is 34.9 Å². The van der Waals surface area contributed by atoms with E-state index in [0.29, 0.717) is 10.9 Å². The molecule has 2 aromatic rings. The number of aromatic nitrogens is 1. The Morgan fingerprint density at radius 2 is 2.05 bits per heavy atom. The van der Waals surface area contributed by atoms with Gasteiger partial charge in [0.1, 0.15) is 5.82 Å². The third-order valence-electron chi connectivity index (χ3n) is 2.98. The first-order valence-corrected chi connectivity index (χ1v) is 7.33.